The fourth-order valence-electron chi connectivity index (χ4n) is 7.41. The molecule has 2 saturated heterocycles. The Morgan fingerprint density at radius 3 is 2.56 bits per heavy atom. The number of anilines is 4. The lowest BCUT2D eigenvalue weighted by Gasteiger charge is -2.43. The zero-order valence-corrected chi connectivity index (χ0v) is 26.9. The van der Waals surface area contributed by atoms with Crippen LogP contribution < -0.4 is 20.7 Å². The third kappa shape index (κ3) is 5.24. The number of nitrogens with zero attached hydrogens (tertiary/aromatic N) is 8. The molecule has 2 N–H and O–H groups in total. The topological polar surface area (TPSA) is 134 Å². The molecule has 4 aromatic rings. The minimum absolute atomic E-state index is 0.0560. The van der Waals surface area contributed by atoms with Gasteiger partial charge in [0, 0.05) is 74.9 Å². The van der Waals surface area contributed by atoms with Gasteiger partial charge in [-0.15, -0.1) is 0 Å². The van der Waals surface area contributed by atoms with E-state index in [1.165, 1.54) is 15.8 Å². The normalized spacial score (nSPS) is 18.4. The van der Waals surface area contributed by atoms with E-state index in [1.54, 1.807) is 25.4 Å². The van der Waals surface area contributed by atoms with Gasteiger partial charge in [-0.2, -0.15) is 5.10 Å². The fraction of sp³-hybridized carbons (Fsp3) is 0.441. The van der Waals surface area contributed by atoms with Crippen molar-refractivity contribution in [1.82, 2.24) is 29.2 Å². The first-order chi connectivity index (χ1) is 23.4. The van der Waals surface area contributed by atoms with E-state index in [9.17, 15) is 14.7 Å². The Bertz CT molecular complexity index is 1930. The first-order valence-electron chi connectivity index (χ1n) is 16.6. The van der Waals surface area contributed by atoms with Crippen molar-refractivity contribution >= 4 is 28.9 Å². The highest BCUT2D eigenvalue weighted by Gasteiger charge is 2.36. The molecule has 13 nitrogen and oxygen atoms in total. The molecule has 0 saturated carbocycles. The summed E-state index contributed by atoms with van der Waals surface area (Å²) in [6, 6.07) is 7.67. The lowest BCUT2D eigenvalue weighted by molar-refractivity contribution is -0.0660. The molecule has 0 unspecified atom stereocenters. The Kier molecular flexibility index (Phi) is 7.93. The van der Waals surface area contributed by atoms with Crippen molar-refractivity contribution in [1.29, 1.82) is 0 Å². The average molecular weight is 656 g/mol. The van der Waals surface area contributed by atoms with Crippen LogP contribution in [-0.4, -0.2) is 92.2 Å². The van der Waals surface area contributed by atoms with Crippen LogP contribution in [0.2, 0.25) is 0 Å². The molecule has 3 aliphatic heterocycles. The summed E-state index contributed by atoms with van der Waals surface area (Å²) in [5.41, 5.74) is 3.80. The largest absolute Gasteiger partial charge is 0.392 e. The molecule has 1 amide bonds. The van der Waals surface area contributed by atoms with Crippen LogP contribution >= 0.6 is 0 Å². The van der Waals surface area contributed by atoms with Gasteiger partial charge in [0.2, 0.25) is 0 Å². The minimum atomic E-state index is -0.479. The number of hydrogen-bond acceptors (Lipinski definition) is 10. The third-order valence-corrected chi connectivity index (χ3v) is 10.1. The smallest absolute Gasteiger partial charge is 0.290 e. The molecule has 7 heterocycles. The summed E-state index contributed by atoms with van der Waals surface area (Å²) in [5.74, 6) is -0.176. The molecule has 4 aliphatic rings. The number of ether oxygens (including phenoxy) is 1. The van der Waals surface area contributed by atoms with Gasteiger partial charge in [0.05, 0.1) is 43.4 Å². The first-order valence-corrected chi connectivity index (χ1v) is 16.6. The quantitative estimate of drug-likeness (QED) is 0.306. The highest BCUT2D eigenvalue weighted by Crippen LogP contribution is 2.35. The van der Waals surface area contributed by atoms with Crippen molar-refractivity contribution in [3.8, 4) is 11.3 Å². The van der Waals surface area contributed by atoms with Crippen LogP contribution in [0.25, 0.3) is 11.3 Å². The van der Waals surface area contributed by atoms with E-state index in [1.807, 2.05) is 16.7 Å². The number of piperazine rings is 1. The summed E-state index contributed by atoms with van der Waals surface area (Å²) >= 11 is 0. The molecule has 8 rings (SSSR count). The zero-order valence-electron chi connectivity index (χ0n) is 26.9. The van der Waals surface area contributed by atoms with Crippen LogP contribution in [0.15, 0.2) is 41.5 Å². The summed E-state index contributed by atoms with van der Waals surface area (Å²) in [5, 5.41) is 18.2. The van der Waals surface area contributed by atoms with Gasteiger partial charge in [0.25, 0.3) is 11.5 Å². The van der Waals surface area contributed by atoms with Crippen molar-refractivity contribution in [2.75, 3.05) is 61.1 Å². The van der Waals surface area contributed by atoms with Gasteiger partial charge in [0.15, 0.2) is 5.82 Å². The molecule has 48 heavy (non-hydrogen) atoms. The molecule has 0 atom stereocenters. The summed E-state index contributed by atoms with van der Waals surface area (Å²) in [7, 11) is 1.55. The van der Waals surface area contributed by atoms with Gasteiger partial charge >= 0.3 is 0 Å². The van der Waals surface area contributed by atoms with Crippen LogP contribution in [0.3, 0.4) is 0 Å². The second kappa shape index (κ2) is 12.4. The molecule has 0 spiro atoms. The highest BCUT2D eigenvalue weighted by atomic mass is 19.1. The molecule has 0 bridgehead atoms. The molecule has 0 radical (unpaired) electrons. The molecule has 4 aromatic heterocycles. The second-order valence-electron chi connectivity index (χ2n) is 12.8. The first kappa shape index (κ1) is 30.7. The van der Waals surface area contributed by atoms with E-state index in [2.05, 4.69) is 30.2 Å². The van der Waals surface area contributed by atoms with Crippen LogP contribution in [0.4, 0.5) is 27.4 Å². The standard InChI is InChI=1S/C34H38FN9O4/c1-40-33(46)27(38-29-7-6-21(17-37-29)41-10-12-42(13-11-41)22-19-48-20-22)16-26(39-40)23-8-9-36-32(25(23)18-45)44-15-14-43-28-5-3-2-4-24(28)30(35)31(43)34(44)47/h6-9,16-17,22,45H,2-5,10-15,18-20H2,1H3,(H,37,38). The Hall–Kier alpha value is -4.66. The number of nitrogens with one attached hydrogen (secondary N) is 1. The fourth-order valence-corrected chi connectivity index (χ4v) is 7.41. The zero-order chi connectivity index (χ0) is 32.9. The van der Waals surface area contributed by atoms with Crippen molar-refractivity contribution in [3.63, 3.8) is 0 Å². The van der Waals surface area contributed by atoms with Crippen molar-refractivity contribution in [2.45, 2.75) is 44.9 Å². The highest BCUT2D eigenvalue weighted by molar-refractivity contribution is 6.06. The number of amides is 1. The van der Waals surface area contributed by atoms with Gasteiger partial charge in [-0.3, -0.25) is 19.4 Å². The number of carbonyl (C=O) groups is 1. The summed E-state index contributed by atoms with van der Waals surface area (Å²) in [4.78, 5) is 42.2. The molecule has 14 heteroatoms. The van der Waals surface area contributed by atoms with Gasteiger partial charge in [-0.1, -0.05) is 0 Å². The molecule has 250 valence electrons. The Balaban J connectivity index is 1.05. The lowest BCUT2D eigenvalue weighted by atomic mass is 9.97. The van der Waals surface area contributed by atoms with E-state index in [4.69, 9.17) is 4.74 Å². The number of fused-ring (bicyclic) bond motifs is 3. The van der Waals surface area contributed by atoms with E-state index in [0.29, 0.717) is 47.2 Å². The number of aryl methyl sites for hydroxylation is 1. The minimum Gasteiger partial charge on any atom is -0.392 e. The maximum absolute atomic E-state index is 15.5. The lowest BCUT2D eigenvalue weighted by Crippen LogP contribution is -2.56. The third-order valence-electron chi connectivity index (χ3n) is 10.1. The molecular weight excluding hydrogens is 617 g/mol. The van der Waals surface area contributed by atoms with Crippen LogP contribution in [0, 0.1) is 5.82 Å². The van der Waals surface area contributed by atoms with E-state index < -0.39 is 18.3 Å². The maximum Gasteiger partial charge on any atom is 0.290 e. The molecule has 2 fully saturated rings. The van der Waals surface area contributed by atoms with Crippen LogP contribution in [0.5, 0.6) is 0 Å². The molecular formula is C34H38FN9O4. The van der Waals surface area contributed by atoms with Gasteiger partial charge < -0.3 is 24.6 Å². The Morgan fingerprint density at radius 2 is 1.83 bits per heavy atom. The number of rotatable bonds is 7. The van der Waals surface area contributed by atoms with Crippen LogP contribution in [-0.2, 0) is 37.8 Å². The number of halogens is 1. The number of aliphatic hydroxyl groups is 1. The SMILES string of the molecule is Cn1nc(-c2ccnc(N3CCn4c5c(c(F)c4C3=O)CCCC5)c2CO)cc(Nc2ccc(N3CCN(C4COC4)CC3)cn2)c1=O. The Labute approximate surface area is 276 Å². The van der Waals surface area contributed by atoms with Crippen molar-refractivity contribution < 1.29 is 19.0 Å². The monoisotopic (exact) mass is 655 g/mol. The maximum atomic E-state index is 15.5. The predicted molar refractivity (Wildman–Crippen MR) is 177 cm³/mol. The van der Waals surface area contributed by atoms with Crippen molar-refractivity contribution in [3.05, 3.63) is 75.3 Å². The number of pyridine rings is 2. The second-order valence-corrected chi connectivity index (χ2v) is 12.8. The number of aromatic nitrogens is 5. The molecule has 1 aliphatic carbocycles. The van der Waals surface area contributed by atoms with Gasteiger partial charge in [-0.05, 0) is 49.9 Å². The Morgan fingerprint density at radius 1 is 1.02 bits per heavy atom. The van der Waals surface area contributed by atoms with Gasteiger partial charge in [-0.25, -0.2) is 19.0 Å². The predicted octanol–water partition coefficient (Wildman–Crippen LogP) is 2.47. The van der Waals surface area contributed by atoms with E-state index in [0.717, 1.165) is 70.0 Å². The number of carbonyl (C=O) groups excluding carboxylic acids is 1. The van der Waals surface area contributed by atoms with Gasteiger partial charge in [0.1, 0.15) is 23.0 Å². The van der Waals surface area contributed by atoms with Crippen molar-refractivity contribution in [2.24, 2.45) is 7.05 Å². The average Bonchev–Trinajstić information content (AvgIpc) is 3.38. The van der Waals surface area contributed by atoms with Crippen LogP contribution in [0.1, 0.15) is 40.2 Å². The summed E-state index contributed by atoms with van der Waals surface area (Å²) < 4.78 is 23.9. The van der Waals surface area contributed by atoms with E-state index >= 15 is 4.39 Å². The summed E-state index contributed by atoms with van der Waals surface area (Å²) in [6.07, 6.45) is 6.62. The molecule has 0 aromatic carbocycles. The number of aliphatic hydroxyl groups excluding tert-OH is 1. The van der Waals surface area contributed by atoms with E-state index in [-0.39, 0.29) is 29.3 Å². The number of hydrogen-bond donors (Lipinski definition) is 2. The summed E-state index contributed by atoms with van der Waals surface area (Å²) in [6.45, 7) is 5.70.